The maximum atomic E-state index is 13.0. The number of amides is 3. The van der Waals surface area contributed by atoms with Crippen molar-refractivity contribution in [3.63, 3.8) is 0 Å². The van der Waals surface area contributed by atoms with Crippen LogP contribution in [0.3, 0.4) is 0 Å². The first-order valence-electron chi connectivity index (χ1n) is 9.83. The molecule has 2 fully saturated rings. The number of piperidine rings is 1. The van der Waals surface area contributed by atoms with Crippen LogP contribution in [0.4, 0.5) is 0 Å². The molecule has 1 aromatic carbocycles. The third-order valence-corrected chi connectivity index (χ3v) is 6.01. The lowest BCUT2D eigenvalue weighted by atomic mass is 10.1. The number of rotatable bonds is 5. The molecule has 2 N–H and O–H groups in total. The van der Waals surface area contributed by atoms with E-state index in [0.717, 1.165) is 5.56 Å². The Balaban J connectivity index is 1.55. The van der Waals surface area contributed by atoms with Gasteiger partial charge in [0.15, 0.2) is 5.69 Å². The number of hydrogen-bond donors (Lipinski definition) is 2. The quantitative estimate of drug-likeness (QED) is 0.791. The van der Waals surface area contributed by atoms with E-state index in [1.54, 1.807) is 11.6 Å². The van der Waals surface area contributed by atoms with Crippen LogP contribution in [-0.2, 0) is 4.79 Å². The predicted molar refractivity (Wildman–Crippen MR) is 106 cm³/mol. The van der Waals surface area contributed by atoms with Gasteiger partial charge in [0, 0.05) is 51.0 Å². The van der Waals surface area contributed by atoms with Gasteiger partial charge in [0.1, 0.15) is 5.69 Å². The molecule has 1 aliphatic carbocycles. The smallest absolute Gasteiger partial charge is 0.271 e. The topological polar surface area (TPSA) is 96.3 Å². The average Bonchev–Trinajstić information content (AvgIpc) is 3.11. The fourth-order valence-corrected chi connectivity index (χ4v) is 4.19. The van der Waals surface area contributed by atoms with E-state index in [1.165, 1.54) is 13.1 Å². The number of nitrogens with one attached hydrogen (secondary N) is 2. The van der Waals surface area contributed by atoms with E-state index in [0.29, 0.717) is 30.6 Å². The number of fused-ring (bicyclic) bond motifs is 1. The van der Waals surface area contributed by atoms with Crippen LogP contribution in [0.15, 0.2) is 36.4 Å². The molecule has 152 valence electrons. The molecule has 0 radical (unpaired) electrons. The van der Waals surface area contributed by atoms with Gasteiger partial charge in [-0.2, -0.15) is 5.10 Å². The number of carbonyl (C=O) groups excluding carboxylic acids is 3. The monoisotopic (exact) mass is 395 g/mol. The SMILES string of the molecule is CNC(=O)c1cc(C(=O)NC2[C@H]3CN(C(C)=O)C[C@@H]23)n([C@@H](C)c2ccccc2)n1. The molecule has 8 nitrogen and oxygen atoms in total. The molecule has 1 unspecified atom stereocenters. The molecule has 2 aromatic rings. The van der Waals surface area contributed by atoms with E-state index in [9.17, 15) is 14.4 Å². The van der Waals surface area contributed by atoms with Crippen LogP contribution in [0.2, 0.25) is 0 Å². The third-order valence-electron chi connectivity index (χ3n) is 6.01. The van der Waals surface area contributed by atoms with Gasteiger partial charge in [-0.25, -0.2) is 0 Å². The Morgan fingerprint density at radius 3 is 2.34 bits per heavy atom. The predicted octanol–water partition coefficient (Wildman–Crippen LogP) is 1.06. The standard InChI is InChI=1S/C21H25N5O3/c1-12(14-7-5-4-6-8-14)26-18(9-17(24-26)20(28)22-3)21(29)23-19-15-10-25(13(2)27)11-16(15)19/h4-9,12,15-16,19H,10-11H2,1-3H3,(H,22,28)(H,23,29)/t12-,15-,16+,19?/m0/s1. The van der Waals surface area contributed by atoms with Gasteiger partial charge in [0.25, 0.3) is 11.8 Å². The molecule has 1 aliphatic heterocycles. The van der Waals surface area contributed by atoms with Gasteiger partial charge < -0.3 is 15.5 Å². The Hall–Kier alpha value is -3.16. The summed E-state index contributed by atoms with van der Waals surface area (Å²) < 4.78 is 1.61. The van der Waals surface area contributed by atoms with Gasteiger partial charge in [0.2, 0.25) is 5.91 Å². The first kappa shape index (κ1) is 19.2. The van der Waals surface area contributed by atoms with Crippen LogP contribution < -0.4 is 10.6 Å². The Morgan fingerprint density at radius 1 is 1.10 bits per heavy atom. The number of nitrogens with zero attached hydrogens (tertiary/aromatic N) is 3. The van der Waals surface area contributed by atoms with Gasteiger partial charge in [-0.15, -0.1) is 0 Å². The maximum Gasteiger partial charge on any atom is 0.271 e. The molecule has 1 aromatic heterocycles. The van der Waals surface area contributed by atoms with Crippen molar-refractivity contribution in [2.75, 3.05) is 20.1 Å². The second-order valence-electron chi connectivity index (χ2n) is 7.78. The lowest BCUT2D eigenvalue weighted by Crippen LogP contribution is -2.37. The van der Waals surface area contributed by atoms with Crippen molar-refractivity contribution in [2.45, 2.75) is 25.9 Å². The van der Waals surface area contributed by atoms with Gasteiger partial charge in [-0.05, 0) is 12.5 Å². The highest BCUT2D eigenvalue weighted by Crippen LogP contribution is 2.45. The van der Waals surface area contributed by atoms with E-state index in [1.807, 2.05) is 42.2 Å². The van der Waals surface area contributed by atoms with E-state index in [4.69, 9.17) is 0 Å². The molecule has 0 bridgehead atoms. The van der Waals surface area contributed by atoms with E-state index >= 15 is 0 Å². The highest BCUT2D eigenvalue weighted by atomic mass is 16.2. The van der Waals surface area contributed by atoms with Crippen molar-refractivity contribution < 1.29 is 14.4 Å². The van der Waals surface area contributed by atoms with Crippen LogP contribution in [-0.4, -0.2) is 58.6 Å². The fourth-order valence-electron chi connectivity index (χ4n) is 4.19. The summed E-state index contributed by atoms with van der Waals surface area (Å²) >= 11 is 0. The second-order valence-corrected chi connectivity index (χ2v) is 7.78. The van der Waals surface area contributed by atoms with Crippen LogP contribution >= 0.6 is 0 Å². The molecule has 4 rings (SSSR count). The zero-order valence-corrected chi connectivity index (χ0v) is 16.8. The normalized spacial score (nSPS) is 23.3. The minimum Gasteiger partial charge on any atom is -0.354 e. The van der Waals surface area contributed by atoms with Crippen molar-refractivity contribution >= 4 is 17.7 Å². The Morgan fingerprint density at radius 2 is 1.76 bits per heavy atom. The van der Waals surface area contributed by atoms with Gasteiger partial charge in [-0.1, -0.05) is 30.3 Å². The number of likely N-dealkylation sites (tertiary alicyclic amines) is 1. The molecule has 8 heteroatoms. The van der Waals surface area contributed by atoms with Crippen LogP contribution in [0, 0.1) is 11.8 Å². The fraction of sp³-hybridized carbons (Fsp3) is 0.429. The van der Waals surface area contributed by atoms with Gasteiger partial charge in [-0.3, -0.25) is 19.1 Å². The summed E-state index contributed by atoms with van der Waals surface area (Å²) in [5.41, 5.74) is 1.56. The first-order chi connectivity index (χ1) is 13.9. The molecule has 2 aliphatic rings. The molecule has 0 spiro atoms. The maximum absolute atomic E-state index is 13.0. The minimum absolute atomic E-state index is 0.0666. The lowest BCUT2D eigenvalue weighted by Gasteiger charge is -2.19. The van der Waals surface area contributed by atoms with Gasteiger partial charge in [0.05, 0.1) is 6.04 Å². The van der Waals surface area contributed by atoms with Gasteiger partial charge >= 0.3 is 0 Å². The van der Waals surface area contributed by atoms with Crippen molar-refractivity contribution in [3.05, 3.63) is 53.3 Å². The summed E-state index contributed by atoms with van der Waals surface area (Å²) in [5.74, 6) is 0.114. The average molecular weight is 395 g/mol. The molecular weight excluding hydrogens is 370 g/mol. The third kappa shape index (κ3) is 3.50. The number of hydrogen-bond acceptors (Lipinski definition) is 4. The first-order valence-corrected chi connectivity index (χ1v) is 9.83. The number of aromatic nitrogens is 2. The van der Waals surface area contributed by atoms with Crippen molar-refractivity contribution in [2.24, 2.45) is 11.8 Å². The van der Waals surface area contributed by atoms with E-state index in [-0.39, 0.29) is 35.5 Å². The Bertz CT molecular complexity index is 942. The second kappa shape index (κ2) is 7.35. The summed E-state index contributed by atoms with van der Waals surface area (Å²) in [6.07, 6.45) is 0. The van der Waals surface area contributed by atoms with Crippen molar-refractivity contribution in [1.29, 1.82) is 0 Å². The molecule has 1 saturated carbocycles. The van der Waals surface area contributed by atoms with Crippen molar-refractivity contribution in [3.8, 4) is 0 Å². The molecular formula is C21H25N5O3. The minimum atomic E-state index is -0.335. The zero-order chi connectivity index (χ0) is 20.7. The number of carbonyl (C=O) groups is 3. The Labute approximate surface area is 169 Å². The van der Waals surface area contributed by atoms with E-state index in [2.05, 4.69) is 15.7 Å². The number of benzene rings is 1. The molecule has 4 atom stereocenters. The van der Waals surface area contributed by atoms with Crippen LogP contribution in [0.5, 0.6) is 0 Å². The van der Waals surface area contributed by atoms with Crippen LogP contribution in [0.1, 0.15) is 46.4 Å². The highest BCUT2D eigenvalue weighted by Gasteiger charge is 2.57. The molecule has 29 heavy (non-hydrogen) atoms. The highest BCUT2D eigenvalue weighted by molar-refractivity contribution is 5.98. The van der Waals surface area contributed by atoms with E-state index < -0.39 is 0 Å². The largest absolute Gasteiger partial charge is 0.354 e. The lowest BCUT2D eigenvalue weighted by molar-refractivity contribution is -0.128. The molecule has 3 amide bonds. The Kier molecular flexibility index (Phi) is 4.86. The van der Waals surface area contributed by atoms with Crippen LogP contribution in [0.25, 0.3) is 0 Å². The molecule has 1 saturated heterocycles. The summed E-state index contributed by atoms with van der Waals surface area (Å²) in [6.45, 7) is 4.90. The molecule has 2 heterocycles. The summed E-state index contributed by atoms with van der Waals surface area (Å²) in [4.78, 5) is 38.5. The summed E-state index contributed by atoms with van der Waals surface area (Å²) in [7, 11) is 1.54. The summed E-state index contributed by atoms with van der Waals surface area (Å²) in [5, 5.41) is 10.0. The summed E-state index contributed by atoms with van der Waals surface area (Å²) in [6, 6.07) is 11.1. The van der Waals surface area contributed by atoms with Crippen molar-refractivity contribution in [1.82, 2.24) is 25.3 Å². The zero-order valence-electron chi connectivity index (χ0n) is 16.8.